The van der Waals surface area contributed by atoms with Gasteiger partial charge in [-0.2, -0.15) is 0 Å². The zero-order valence-electron chi connectivity index (χ0n) is 11.8. The van der Waals surface area contributed by atoms with Gasteiger partial charge < -0.3 is 10.2 Å². The molecule has 3 heteroatoms. The summed E-state index contributed by atoms with van der Waals surface area (Å²) in [7, 11) is 0. The van der Waals surface area contributed by atoms with E-state index in [1.807, 2.05) is 24.3 Å². The van der Waals surface area contributed by atoms with Crippen LogP contribution in [0.2, 0.25) is 0 Å². The molecule has 1 aliphatic rings. The minimum Gasteiger partial charge on any atom is -0.494 e. The fourth-order valence-corrected chi connectivity index (χ4v) is 2.83. The number of aromatic nitrogens is 1. The van der Waals surface area contributed by atoms with E-state index in [-0.39, 0.29) is 11.8 Å². The monoisotopic (exact) mass is 269 g/mol. The molecule has 1 heterocycles. The number of nitrogens with zero attached hydrogens (tertiary/aromatic N) is 1. The van der Waals surface area contributed by atoms with Crippen molar-refractivity contribution in [3.05, 3.63) is 52.6 Å². The molecule has 20 heavy (non-hydrogen) atoms. The Morgan fingerprint density at radius 1 is 1.15 bits per heavy atom. The summed E-state index contributed by atoms with van der Waals surface area (Å²) >= 11 is 0. The molecule has 0 spiro atoms. The van der Waals surface area contributed by atoms with Crippen LogP contribution in [0.3, 0.4) is 0 Å². The maximum atomic E-state index is 10.5. The van der Waals surface area contributed by atoms with Crippen molar-refractivity contribution in [2.24, 2.45) is 0 Å². The van der Waals surface area contributed by atoms with Crippen molar-refractivity contribution in [3.63, 3.8) is 0 Å². The number of allylic oxidation sites excluding steroid dienone is 2. The van der Waals surface area contributed by atoms with E-state index in [1.54, 1.807) is 4.57 Å². The van der Waals surface area contributed by atoms with Gasteiger partial charge in [-0.15, -0.1) is 0 Å². The largest absolute Gasteiger partial charge is 0.494 e. The molecule has 0 saturated carbocycles. The predicted octanol–water partition coefficient (Wildman–Crippen LogP) is 3.50. The molecule has 1 aromatic carbocycles. The lowest BCUT2D eigenvalue weighted by molar-refractivity contribution is 0.399. The van der Waals surface area contributed by atoms with Gasteiger partial charge in [0.2, 0.25) is 11.8 Å². The van der Waals surface area contributed by atoms with Gasteiger partial charge in [0, 0.05) is 11.1 Å². The predicted molar refractivity (Wildman–Crippen MR) is 79.6 cm³/mol. The Morgan fingerprint density at radius 3 is 2.65 bits per heavy atom. The van der Waals surface area contributed by atoms with Crippen LogP contribution in [0.4, 0.5) is 0 Å². The quantitative estimate of drug-likeness (QED) is 0.820. The van der Waals surface area contributed by atoms with E-state index in [4.69, 9.17) is 0 Å². The van der Waals surface area contributed by atoms with Crippen molar-refractivity contribution in [3.8, 4) is 17.4 Å². The number of fused-ring (bicyclic) bond motifs is 1. The SMILES string of the molecule is CCc1cccc(-n2c(O)c3c(c2O)CC(C)=CC3)c1. The number of hydrogen-bond acceptors (Lipinski definition) is 2. The van der Waals surface area contributed by atoms with Gasteiger partial charge in [0.15, 0.2) is 0 Å². The normalized spacial score (nSPS) is 14.0. The van der Waals surface area contributed by atoms with Crippen molar-refractivity contribution < 1.29 is 10.2 Å². The van der Waals surface area contributed by atoms with E-state index in [0.29, 0.717) is 12.8 Å². The maximum Gasteiger partial charge on any atom is 0.202 e. The van der Waals surface area contributed by atoms with Crippen molar-refractivity contribution in [2.75, 3.05) is 0 Å². The van der Waals surface area contributed by atoms with Crippen LogP contribution in [0, 0.1) is 0 Å². The van der Waals surface area contributed by atoms with E-state index in [0.717, 1.165) is 23.2 Å². The van der Waals surface area contributed by atoms with Crippen LogP contribution in [0.1, 0.15) is 30.5 Å². The van der Waals surface area contributed by atoms with E-state index < -0.39 is 0 Å². The Kier molecular flexibility index (Phi) is 3.05. The number of hydrogen-bond donors (Lipinski definition) is 2. The molecule has 3 rings (SSSR count). The Balaban J connectivity index is 2.16. The Labute approximate surface area is 118 Å². The number of aryl methyl sites for hydroxylation is 1. The van der Waals surface area contributed by atoms with E-state index in [1.165, 1.54) is 11.1 Å². The van der Waals surface area contributed by atoms with Crippen molar-refractivity contribution >= 4 is 0 Å². The number of benzene rings is 1. The van der Waals surface area contributed by atoms with Crippen molar-refractivity contribution in [2.45, 2.75) is 33.1 Å². The standard InChI is InChI=1S/C17H19NO2/c1-3-12-5-4-6-13(10-12)18-16(19)14-8-7-11(2)9-15(14)17(18)20/h4-7,10,19-20H,3,8-9H2,1-2H3. The first-order valence-corrected chi connectivity index (χ1v) is 7.01. The zero-order valence-corrected chi connectivity index (χ0v) is 11.8. The molecule has 0 unspecified atom stereocenters. The third-order valence-electron chi connectivity index (χ3n) is 4.01. The molecule has 0 amide bonds. The summed E-state index contributed by atoms with van der Waals surface area (Å²) in [5, 5.41) is 20.9. The van der Waals surface area contributed by atoms with E-state index >= 15 is 0 Å². The third-order valence-corrected chi connectivity index (χ3v) is 4.01. The lowest BCUT2D eigenvalue weighted by atomic mass is 9.96. The van der Waals surface area contributed by atoms with Gasteiger partial charge in [-0.05, 0) is 43.9 Å². The molecule has 3 nitrogen and oxygen atoms in total. The van der Waals surface area contributed by atoms with Gasteiger partial charge in [-0.3, -0.25) is 4.57 Å². The smallest absolute Gasteiger partial charge is 0.202 e. The lowest BCUT2D eigenvalue weighted by Gasteiger charge is -2.09. The molecule has 2 N–H and O–H groups in total. The summed E-state index contributed by atoms with van der Waals surface area (Å²) in [6.07, 6.45) is 4.42. The highest BCUT2D eigenvalue weighted by atomic mass is 16.3. The highest BCUT2D eigenvalue weighted by Gasteiger charge is 2.24. The minimum absolute atomic E-state index is 0.162. The molecule has 0 aliphatic heterocycles. The zero-order chi connectivity index (χ0) is 14.3. The molecule has 104 valence electrons. The van der Waals surface area contributed by atoms with Crippen LogP contribution < -0.4 is 0 Å². The number of rotatable bonds is 2. The molecular formula is C17H19NO2. The molecule has 0 bridgehead atoms. The highest BCUT2D eigenvalue weighted by molar-refractivity contribution is 5.56. The Bertz CT molecular complexity index is 695. The topological polar surface area (TPSA) is 45.4 Å². The van der Waals surface area contributed by atoms with Gasteiger partial charge >= 0.3 is 0 Å². The molecule has 2 aromatic rings. The van der Waals surface area contributed by atoms with Gasteiger partial charge in [-0.25, -0.2) is 0 Å². The first-order valence-electron chi connectivity index (χ1n) is 7.01. The van der Waals surface area contributed by atoms with E-state index in [9.17, 15) is 10.2 Å². The van der Waals surface area contributed by atoms with Crippen LogP contribution in [0.5, 0.6) is 11.8 Å². The number of aromatic hydroxyl groups is 2. The second kappa shape index (κ2) is 4.75. The first kappa shape index (κ1) is 12.9. The Morgan fingerprint density at radius 2 is 1.90 bits per heavy atom. The van der Waals surface area contributed by atoms with Crippen LogP contribution in [0.25, 0.3) is 5.69 Å². The summed E-state index contributed by atoms with van der Waals surface area (Å²) in [5.74, 6) is 0.327. The average molecular weight is 269 g/mol. The van der Waals surface area contributed by atoms with Crippen molar-refractivity contribution in [1.29, 1.82) is 0 Å². The first-order chi connectivity index (χ1) is 9.61. The molecule has 0 saturated heterocycles. The van der Waals surface area contributed by atoms with Crippen LogP contribution in [0.15, 0.2) is 35.9 Å². The average Bonchev–Trinajstić information content (AvgIpc) is 2.70. The molecule has 0 radical (unpaired) electrons. The van der Waals surface area contributed by atoms with Crippen LogP contribution >= 0.6 is 0 Å². The van der Waals surface area contributed by atoms with Gasteiger partial charge in [-0.1, -0.05) is 30.7 Å². The van der Waals surface area contributed by atoms with Crippen LogP contribution in [-0.4, -0.2) is 14.8 Å². The second-order valence-corrected chi connectivity index (χ2v) is 5.39. The summed E-state index contributed by atoms with van der Waals surface area (Å²) < 4.78 is 1.55. The Hall–Kier alpha value is -2.16. The second-order valence-electron chi connectivity index (χ2n) is 5.39. The summed E-state index contributed by atoms with van der Waals surface area (Å²) in [5.41, 5.74) is 4.92. The van der Waals surface area contributed by atoms with Gasteiger partial charge in [0.1, 0.15) is 0 Å². The molecule has 1 aromatic heterocycles. The fourth-order valence-electron chi connectivity index (χ4n) is 2.83. The summed E-state index contributed by atoms with van der Waals surface area (Å²) in [6.45, 7) is 4.14. The maximum absolute atomic E-state index is 10.5. The summed E-state index contributed by atoms with van der Waals surface area (Å²) in [6, 6.07) is 7.91. The van der Waals surface area contributed by atoms with Gasteiger partial charge in [0.05, 0.1) is 5.69 Å². The molecule has 0 atom stereocenters. The lowest BCUT2D eigenvalue weighted by Crippen LogP contribution is -1.97. The van der Waals surface area contributed by atoms with Crippen molar-refractivity contribution in [1.82, 2.24) is 4.57 Å². The minimum atomic E-state index is 0.162. The third kappa shape index (κ3) is 1.90. The summed E-state index contributed by atoms with van der Waals surface area (Å²) in [4.78, 5) is 0. The van der Waals surface area contributed by atoms with Gasteiger partial charge in [0.25, 0.3) is 0 Å². The van der Waals surface area contributed by atoms with E-state index in [2.05, 4.69) is 19.9 Å². The molecular weight excluding hydrogens is 250 g/mol. The highest BCUT2D eigenvalue weighted by Crippen LogP contribution is 2.40. The molecule has 0 fully saturated rings. The fraction of sp³-hybridized carbons (Fsp3) is 0.294. The van der Waals surface area contributed by atoms with Crippen LogP contribution in [-0.2, 0) is 19.3 Å². The molecule has 1 aliphatic carbocycles.